The molecule has 0 bridgehead atoms. The van der Waals surface area contributed by atoms with E-state index in [2.05, 4.69) is 10.4 Å². The molecule has 1 aliphatic rings. The highest BCUT2D eigenvalue weighted by atomic mass is 35.5. The fourth-order valence-electron chi connectivity index (χ4n) is 2.99. The van der Waals surface area contributed by atoms with E-state index in [0.717, 1.165) is 18.5 Å². The van der Waals surface area contributed by atoms with Crippen LogP contribution in [0.25, 0.3) is 0 Å². The van der Waals surface area contributed by atoms with Crippen LogP contribution in [0.1, 0.15) is 24.6 Å². The summed E-state index contributed by atoms with van der Waals surface area (Å²) in [6, 6.07) is -0.0433. The maximum absolute atomic E-state index is 6.38. The van der Waals surface area contributed by atoms with Crippen LogP contribution >= 0.6 is 11.6 Å². The third-order valence-corrected chi connectivity index (χ3v) is 4.47. The highest BCUT2D eigenvalue weighted by Crippen LogP contribution is 2.39. The Morgan fingerprint density at radius 2 is 2.19 bits per heavy atom. The van der Waals surface area contributed by atoms with Gasteiger partial charge in [0.05, 0.1) is 41.7 Å². The van der Waals surface area contributed by atoms with Crippen LogP contribution in [0.15, 0.2) is 6.20 Å². The number of likely N-dealkylation sites (N-methyl/N-ethyl adjacent to an activating group) is 1. The Bertz CT molecular complexity index is 447. The monoisotopic (exact) mass is 317 g/mol. The van der Waals surface area contributed by atoms with Crippen LogP contribution in [0.4, 0.5) is 0 Å². The molecule has 1 N–H and O–H groups in total. The molecule has 1 aliphatic heterocycles. The van der Waals surface area contributed by atoms with Gasteiger partial charge >= 0.3 is 0 Å². The lowest BCUT2D eigenvalue weighted by Gasteiger charge is -2.42. The summed E-state index contributed by atoms with van der Waals surface area (Å²) in [6.07, 6.45) is 3.32. The molecule has 2 heterocycles. The average Bonchev–Trinajstić information content (AvgIpc) is 2.88. The molecular formula is C14H24ClN3O3. The Morgan fingerprint density at radius 3 is 2.76 bits per heavy atom. The first-order valence-corrected chi connectivity index (χ1v) is 7.56. The van der Waals surface area contributed by atoms with Crippen LogP contribution in [0.2, 0.25) is 5.02 Å². The van der Waals surface area contributed by atoms with E-state index in [1.165, 1.54) is 0 Å². The molecule has 6 nitrogen and oxygen atoms in total. The predicted molar refractivity (Wildman–Crippen MR) is 80.7 cm³/mol. The van der Waals surface area contributed by atoms with E-state index in [-0.39, 0.29) is 11.6 Å². The van der Waals surface area contributed by atoms with Crippen LogP contribution < -0.4 is 5.32 Å². The van der Waals surface area contributed by atoms with Gasteiger partial charge in [-0.05, 0) is 7.05 Å². The number of halogens is 1. The SMILES string of the molecule is CNC(c1c(Cl)cnn1CCOC)C1(OC)CCOCC1. The van der Waals surface area contributed by atoms with Crippen molar-refractivity contribution in [1.82, 2.24) is 15.1 Å². The number of nitrogens with zero attached hydrogens (tertiary/aromatic N) is 2. The smallest absolute Gasteiger partial charge is 0.0932 e. The summed E-state index contributed by atoms with van der Waals surface area (Å²) in [6.45, 7) is 2.63. The molecule has 2 rings (SSSR count). The summed E-state index contributed by atoms with van der Waals surface area (Å²) in [5.74, 6) is 0. The molecule has 1 saturated heterocycles. The molecule has 1 unspecified atom stereocenters. The van der Waals surface area contributed by atoms with E-state index in [9.17, 15) is 0 Å². The van der Waals surface area contributed by atoms with Gasteiger partial charge in [-0.3, -0.25) is 4.68 Å². The van der Waals surface area contributed by atoms with Gasteiger partial charge in [0.15, 0.2) is 0 Å². The van der Waals surface area contributed by atoms with Gasteiger partial charge in [0.25, 0.3) is 0 Å². The third-order valence-electron chi connectivity index (χ3n) is 4.17. The van der Waals surface area contributed by atoms with E-state index in [4.69, 9.17) is 25.8 Å². The predicted octanol–water partition coefficient (Wildman–Crippen LogP) is 1.64. The van der Waals surface area contributed by atoms with Crippen LogP contribution in [-0.4, -0.2) is 56.5 Å². The van der Waals surface area contributed by atoms with Crippen molar-refractivity contribution in [3.63, 3.8) is 0 Å². The fourth-order valence-corrected chi connectivity index (χ4v) is 3.24. The average molecular weight is 318 g/mol. The first-order valence-electron chi connectivity index (χ1n) is 7.19. The van der Waals surface area contributed by atoms with Crippen molar-refractivity contribution in [2.24, 2.45) is 0 Å². The summed E-state index contributed by atoms with van der Waals surface area (Å²) < 4.78 is 18.4. The fraction of sp³-hybridized carbons (Fsp3) is 0.786. The summed E-state index contributed by atoms with van der Waals surface area (Å²) in [4.78, 5) is 0. The molecule has 21 heavy (non-hydrogen) atoms. The number of rotatable bonds is 7. The minimum Gasteiger partial charge on any atom is -0.383 e. The standard InChI is InChI=1S/C14H24ClN3O3/c1-16-13(14(20-3)4-7-21-8-5-14)12-11(15)10-17-18(12)6-9-19-2/h10,13,16H,4-9H2,1-3H3. The molecule has 120 valence electrons. The van der Waals surface area contributed by atoms with E-state index < -0.39 is 0 Å². The van der Waals surface area contributed by atoms with Gasteiger partial charge in [0.1, 0.15) is 0 Å². The molecule has 0 aromatic carbocycles. The minimum atomic E-state index is -0.332. The molecular weight excluding hydrogens is 294 g/mol. The Hall–Kier alpha value is -0.660. The second kappa shape index (κ2) is 7.56. The number of methoxy groups -OCH3 is 2. The largest absolute Gasteiger partial charge is 0.383 e. The van der Waals surface area contributed by atoms with Gasteiger partial charge in [-0.15, -0.1) is 0 Å². The highest BCUT2D eigenvalue weighted by Gasteiger charge is 2.43. The molecule has 1 fully saturated rings. The van der Waals surface area contributed by atoms with Crippen molar-refractivity contribution in [1.29, 1.82) is 0 Å². The van der Waals surface area contributed by atoms with E-state index in [1.54, 1.807) is 20.4 Å². The summed E-state index contributed by atoms with van der Waals surface area (Å²) in [5.41, 5.74) is 0.613. The molecule has 7 heteroatoms. The maximum Gasteiger partial charge on any atom is 0.0932 e. The molecule has 0 spiro atoms. The number of nitrogens with one attached hydrogen (secondary N) is 1. The Morgan fingerprint density at radius 1 is 1.48 bits per heavy atom. The lowest BCUT2D eigenvalue weighted by molar-refractivity contribution is -0.112. The number of hydrogen-bond donors (Lipinski definition) is 1. The van der Waals surface area contributed by atoms with Crippen LogP contribution in [0, 0.1) is 0 Å². The maximum atomic E-state index is 6.38. The molecule has 0 amide bonds. The van der Waals surface area contributed by atoms with Crippen molar-refractivity contribution in [2.75, 3.05) is 41.1 Å². The van der Waals surface area contributed by atoms with Crippen LogP contribution in [0.5, 0.6) is 0 Å². The molecule has 0 radical (unpaired) electrons. The Labute approximate surface area is 130 Å². The number of aromatic nitrogens is 2. The topological polar surface area (TPSA) is 57.5 Å². The van der Waals surface area contributed by atoms with Gasteiger partial charge in [-0.1, -0.05) is 11.6 Å². The van der Waals surface area contributed by atoms with Crippen molar-refractivity contribution in [3.8, 4) is 0 Å². The van der Waals surface area contributed by atoms with Crippen molar-refractivity contribution in [2.45, 2.75) is 31.0 Å². The Balaban J connectivity index is 2.33. The van der Waals surface area contributed by atoms with Crippen LogP contribution in [-0.2, 0) is 20.8 Å². The Kier molecular flexibility index (Phi) is 6.01. The summed E-state index contributed by atoms with van der Waals surface area (Å²) in [7, 11) is 5.35. The lowest BCUT2D eigenvalue weighted by atomic mass is 9.84. The van der Waals surface area contributed by atoms with Gasteiger partial charge in [-0.2, -0.15) is 5.10 Å². The molecule has 0 saturated carbocycles. The number of hydrogen-bond acceptors (Lipinski definition) is 5. The van der Waals surface area contributed by atoms with Crippen molar-refractivity contribution in [3.05, 3.63) is 16.9 Å². The minimum absolute atomic E-state index is 0.0433. The molecule has 1 aromatic heterocycles. The van der Waals surface area contributed by atoms with E-state index >= 15 is 0 Å². The van der Waals surface area contributed by atoms with Gasteiger partial charge in [-0.25, -0.2) is 0 Å². The molecule has 1 aromatic rings. The van der Waals surface area contributed by atoms with Gasteiger partial charge in [0, 0.05) is 40.3 Å². The first kappa shape index (κ1) is 16.7. The zero-order valence-electron chi connectivity index (χ0n) is 12.9. The number of ether oxygens (including phenoxy) is 3. The zero-order chi connectivity index (χ0) is 15.3. The molecule has 1 atom stereocenters. The summed E-state index contributed by atoms with van der Waals surface area (Å²) in [5, 5.41) is 8.36. The van der Waals surface area contributed by atoms with Crippen LogP contribution in [0.3, 0.4) is 0 Å². The zero-order valence-corrected chi connectivity index (χ0v) is 13.7. The van der Waals surface area contributed by atoms with Gasteiger partial charge < -0.3 is 19.5 Å². The highest BCUT2D eigenvalue weighted by molar-refractivity contribution is 6.31. The lowest BCUT2D eigenvalue weighted by Crippen LogP contribution is -2.49. The first-order chi connectivity index (χ1) is 10.2. The second-order valence-electron chi connectivity index (χ2n) is 5.20. The third kappa shape index (κ3) is 3.40. The second-order valence-corrected chi connectivity index (χ2v) is 5.60. The van der Waals surface area contributed by atoms with E-state index in [1.807, 2.05) is 11.7 Å². The van der Waals surface area contributed by atoms with Gasteiger partial charge in [0.2, 0.25) is 0 Å². The molecule has 0 aliphatic carbocycles. The normalized spacial score (nSPS) is 19.6. The van der Waals surface area contributed by atoms with Crippen molar-refractivity contribution < 1.29 is 14.2 Å². The quantitative estimate of drug-likeness (QED) is 0.828. The summed E-state index contributed by atoms with van der Waals surface area (Å²) >= 11 is 6.38. The van der Waals surface area contributed by atoms with E-state index in [0.29, 0.717) is 31.4 Å². The van der Waals surface area contributed by atoms with Crippen molar-refractivity contribution >= 4 is 11.6 Å².